The average Bonchev–Trinajstić information content (AvgIpc) is 2.59. The first-order valence-corrected chi connectivity index (χ1v) is 11.2. The molecule has 154 valence electrons. The molecule has 27 heavy (non-hydrogen) atoms. The highest BCUT2D eigenvalue weighted by Crippen LogP contribution is 2.50. The van der Waals surface area contributed by atoms with Crippen LogP contribution in [-0.2, 0) is 28.6 Å². The van der Waals surface area contributed by atoms with Crippen LogP contribution in [0.2, 0.25) is 0 Å². The summed E-state index contributed by atoms with van der Waals surface area (Å²) in [5.41, 5.74) is 0.447. The van der Waals surface area contributed by atoms with Crippen molar-refractivity contribution in [1.29, 1.82) is 0 Å². The molecule has 0 aliphatic rings. The van der Waals surface area contributed by atoms with Gasteiger partial charge in [0.15, 0.2) is 0 Å². The van der Waals surface area contributed by atoms with Gasteiger partial charge in [-0.25, -0.2) is 0 Å². The lowest BCUT2D eigenvalue weighted by Crippen LogP contribution is -2.26. The minimum atomic E-state index is -3.37. The Kier molecular flexibility index (Phi) is 9.51. The molecule has 0 radical (unpaired) electrons. The molecule has 0 fully saturated rings. The third-order valence-electron chi connectivity index (χ3n) is 4.47. The summed E-state index contributed by atoms with van der Waals surface area (Å²) in [5, 5.41) is 10.2. The molecule has 1 atom stereocenters. The van der Waals surface area contributed by atoms with Crippen LogP contribution >= 0.6 is 7.60 Å². The van der Waals surface area contributed by atoms with Gasteiger partial charge < -0.3 is 18.9 Å². The van der Waals surface area contributed by atoms with Crippen LogP contribution in [0.5, 0.6) is 5.75 Å². The zero-order chi connectivity index (χ0) is 20.5. The number of phenols is 1. The molecule has 1 aromatic rings. The number of esters is 1. The summed E-state index contributed by atoms with van der Waals surface area (Å²) in [5.74, 6) is -0.770. The first-order chi connectivity index (χ1) is 12.7. The van der Waals surface area contributed by atoms with Gasteiger partial charge in [0.25, 0.3) is 0 Å². The zero-order valence-electron chi connectivity index (χ0n) is 17.1. The lowest BCUT2D eigenvalue weighted by atomic mass is 9.78. The van der Waals surface area contributed by atoms with Crippen molar-refractivity contribution < 1.29 is 28.3 Å². The summed E-state index contributed by atoms with van der Waals surface area (Å²) in [6, 6.07) is 7.17. The number of para-hydroxylation sites is 1. The highest BCUT2D eigenvalue weighted by atomic mass is 31.2. The zero-order valence-corrected chi connectivity index (χ0v) is 18.0. The summed E-state index contributed by atoms with van der Waals surface area (Å²) in [6.45, 7) is 9.99. The van der Waals surface area contributed by atoms with Crippen molar-refractivity contribution in [3.05, 3.63) is 29.8 Å². The van der Waals surface area contributed by atoms with E-state index in [-0.39, 0.29) is 37.1 Å². The van der Waals surface area contributed by atoms with Crippen molar-refractivity contribution in [2.75, 3.05) is 26.0 Å². The Balaban J connectivity index is 2.96. The third-order valence-corrected chi connectivity index (χ3v) is 6.66. The van der Waals surface area contributed by atoms with Gasteiger partial charge in [-0.15, -0.1) is 0 Å². The van der Waals surface area contributed by atoms with Gasteiger partial charge in [-0.2, -0.15) is 0 Å². The number of hydrogen-bond acceptors (Lipinski definition) is 6. The van der Waals surface area contributed by atoms with Crippen LogP contribution in [0.3, 0.4) is 0 Å². The maximum Gasteiger partial charge on any atom is 0.331 e. The lowest BCUT2D eigenvalue weighted by Gasteiger charge is -2.29. The molecule has 0 saturated carbocycles. The fourth-order valence-electron chi connectivity index (χ4n) is 3.07. The summed E-state index contributed by atoms with van der Waals surface area (Å²) in [4.78, 5) is 12.4. The SMILES string of the molecule is CCOC(=O)C(CCC(C)(C)c1ccccc1O)CP(=O)(OCC)OCC. The average molecular weight is 400 g/mol. The molecule has 1 unspecified atom stereocenters. The Hall–Kier alpha value is -1.36. The predicted molar refractivity (Wildman–Crippen MR) is 106 cm³/mol. The first-order valence-electron chi connectivity index (χ1n) is 9.52. The van der Waals surface area contributed by atoms with Gasteiger partial charge in [0.2, 0.25) is 0 Å². The normalized spacial score (nSPS) is 13.4. The number of aromatic hydroxyl groups is 1. The minimum Gasteiger partial charge on any atom is -0.508 e. The van der Waals surface area contributed by atoms with Crippen LogP contribution in [0.15, 0.2) is 24.3 Å². The molecule has 0 saturated heterocycles. The van der Waals surface area contributed by atoms with Gasteiger partial charge in [0.05, 0.1) is 31.9 Å². The number of rotatable bonds is 12. The fraction of sp³-hybridized carbons (Fsp3) is 0.650. The number of phenolic OH excluding ortho intramolecular Hbond substituents is 1. The van der Waals surface area contributed by atoms with Gasteiger partial charge in [0.1, 0.15) is 5.75 Å². The Morgan fingerprint density at radius 3 is 2.22 bits per heavy atom. The second kappa shape index (κ2) is 10.8. The number of carbonyl (C=O) groups excluding carboxylic acids is 1. The molecule has 0 bridgehead atoms. The highest BCUT2D eigenvalue weighted by molar-refractivity contribution is 7.53. The number of carbonyl (C=O) groups is 1. The summed E-state index contributed by atoms with van der Waals surface area (Å²) < 4.78 is 28.8. The molecule has 1 rings (SSSR count). The van der Waals surface area contributed by atoms with Crippen LogP contribution < -0.4 is 0 Å². The molecule has 1 aromatic carbocycles. The first kappa shape index (κ1) is 23.7. The summed E-state index contributed by atoms with van der Waals surface area (Å²) in [7, 11) is -3.37. The third kappa shape index (κ3) is 7.28. The van der Waals surface area contributed by atoms with Crippen LogP contribution in [0.4, 0.5) is 0 Å². The van der Waals surface area contributed by atoms with Gasteiger partial charge >= 0.3 is 13.6 Å². The molecular formula is C20H33O6P. The molecular weight excluding hydrogens is 367 g/mol. The molecule has 1 N–H and O–H groups in total. The molecule has 0 amide bonds. The summed E-state index contributed by atoms with van der Waals surface area (Å²) in [6.07, 6.45) is 1.04. The number of benzene rings is 1. The maximum atomic E-state index is 12.9. The van der Waals surface area contributed by atoms with Crippen molar-refractivity contribution in [3.63, 3.8) is 0 Å². The number of ether oxygens (including phenoxy) is 1. The van der Waals surface area contributed by atoms with E-state index in [1.165, 1.54) is 0 Å². The van der Waals surface area contributed by atoms with Crippen LogP contribution in [0.25, 0.3) is 0 Å². The second-order valence-electron chi connectivity index (χ2n) is 7.02. The van der Waals surface area contributed by atoms with E-state index in [4.69, 9.17) is 13.8 Å². The lowest BCUT2D eigenvalue weighted by molar-refractivity contribution is -0.147. The molecule has 0 aliphatic carbocycles. The Labute approximate surface area is 162 Å². The van der Waals surface area contributed by atoms with E-state index in [0.717, 1.165) is 5.56 Å². The van der Waals surface area contributed by atoms with E-state index in [1.54, 1.807) is 32.9 Å². The molecule has 0 aromatic heterocycles. The van der Waals surface area contributed by atoms with Crippen molar-refractivity contribution in [1.82, 2.24) is 0 Å². The Bertz CT molecular complexity index is 633. The molecule has 0 heterocycles. The van der Waals surface area contributed by atoms with E-state index in [1.807, 2.05) is 26.0 Å². The molecule has 7 heteroatoms. The number of hydrogen-bond donors (Lipinski definition) is 1. The smallest absolute Gasteiger partial charge is 0.331 e. The summed E-state index contributed by atoms with van der Waals surface area (Å²) >= 11 is 0. The van der Waals surface area contributed by atoms with E-state index in [2.05, 4.69) is 0 Å². The van der Waals surface area contributed by atoms with E-state index < -0.39 is 19.5 Å². The van der Waals surface area contributed by atoms with Crippen molar-refractivity contribution in [2.45, 2.75) is 52.9 Å². The second-order valence-corrected chi connectivity index (χ2v) is 9.12. The molecule has 0 spiro atoms. The van der Waals surface area contributed by atoms with Crippen LogP contribution in [-0.4, -0.2) is 37.1 Å². The predicted octanol–water partition coefficient (Wildman–Crippen LogP) is 4.90. The Morgan fingerprint density at radius 2 is 1.70 bits per heavy atom. The van der Waals surface area contributed by atoms with Crippen LogP contribution in [0, 0.1) is 5.92 Å². The fourth-order valence-corrected chi connectivity index (χ4v) is 5.01. The van der Waals surface area contributed by atoms with Crippen LogP contribution in [0.1, 0.15) is 53.0 Å². The van der Waals surface area contributed by atoms with Crippen molar-refractivity contribution in [2.24, 2.45) is 5.92 Å². The van der Waals surface area contributed by atoms with Gasteiger partial charge in [0, 0.05) is 0 Å². The van der Waals surface area contributed by atoms with Crippen molar-refractivity contribution in [3.8, 4) is 5.75 Å². The minimum absolute atomic E-state index is 0.00956. The standard InChI is InChI=1S/C20H33O6P/c1-6-24-19(22)16(15-27(23,25-7-2)26-8-3)13-14-20(4,5)17-11-9-10-12-18(17)21/h9-12,16,21H,6-8,13-15H2,1-5H3. The molecule has 0 aliphatic heterocycles. The Morgan fingerprint density at radius 1 is 1.11 bits per heavy atom. The van der Waals surface area contributed by atoms with E-state index in [9.17, 15) is 14.5 Å². The van der Waals surface area contributed by atoms with Crippen molar-refractivity contribution >= 4 is 13.6 Å². The van der Waals surface area contributed by atoms with E-state index >= 15 is 0 Å². The largest absolute Gasteiger partial charge is 0.508 e. The monoisotopic (exact) mass is 400 g/mol. The van der Waals surface area contributed by atoms with Gasteiger partial charge in [-0.05, 0) is 50.7 Å². The van der Waals surface area contributed by atoms with E-state index in [0.29, 0.717) is 12.8 Å². The topological polar surface area (TPSA) is 82.1 Å². The maximum absolute atomic E-state index is 12.9. The highest BCUT2D eigenvalue weighted by Gasteiger charge is 2.35. The van der Waals surface area contributed by atoms with Gasteiger partial charge in [-0.1, -0.05) is 32.0 Å². The quantitative estimate of drug-likeness (QED) is 0.397. The van der Waals surface area contributed by atoms with Gasteiger partial charge in [-0.3, -0.25) is 9.36 Å². The molecule has 6 nitrogen and oxygen atoms in total.